The van der Waals surface area contributed by atoms with Crippen molar-refractivity contribution in [3.63, 3.8) is 0 Å². The first kappa shape index (κ1) is 17.2. The lowest BCUT2D eigenvalue weighted by Gasteiger charge is -2.39. The van der Waals surface area contributed by atoms with E-state index in [4.69, 9.17) is 9.84 Å². The third-order valence-corrected chi connectivity index (χ3v) is 4.30. The minimum absolute atomic E-state index is 0.0716. The first-order valence-corrected chi connectivity index (χ1v) is 8.41. The van der Waals surface area contributed by atoms with Gasteiger partial charge >= 0.3 is 5.97 Å². The molecule has 5 heteroatoms. The summed E-state index contributed by atoms with van der Waals surface area (Å²) in [6, 6.07) is 16.4. The van der Waals surface area contributed by atoms with Crippen LogP contribution in [0, 0.1) is 0 Å². The molecule has 130 valence electrons. The summed E-state index contributed by atoms with van der Waals surface area (Å²) < 4.78 is 5.79. The quantitative estimate of drug-likeness (QED) is 0.788. The molecule has 3 rings (SSSR count). The summed E-state index contributed by atoms with van der Waals surface area (Å²) in [5.41, 5.74) is 1.83. The van der Waals surface area contributed by atoms with E-state index in [-0.39, 0.29) is 17.6 Å². The van der Waals surface area contributed by atoms with Crippen LogP contribution < -0.4 is 0 Å². The Morgan fingerprint density at radius 2 is 1.76 bits per heavy atom. The molecule has 0 unspecified atom stereocenters. The van der Waals surface area contributed by atoms with Gasteiger partial charge in [0.05, 0.1) is 11.7 Å². The second kappa shape index (κ2) is 7.94. The largest absolute Gasteiger partial charge is 0.478 e. The van der Waals surface area contributed by atoms with Crippen molar-refractivity contribution in [1.82, 2.24) is 4.90 Å². The lowest BCUT2D eigenvalue weighted by Crippen LogP contribution is -2.54. The number of aromatic carboxylic acids is 1. The Balaban J connectivity index is 1.39. The van der Waals surface area contributed by atoms with Gasteiger partial charge in [0.1, 0.15) is 0 Å². The van der Waals surface area contributed by atoms with E-state index in [0.717, 1.165) is 12.8 Å². The number of carboxylic acid groups (broad SMARTS) is 1. The van der Waals surface area contributed by atoms with Crippen LogP contribution in [0.4, 0.5) is 0 Å². The molecule has 1 heterocycles. The van der Waals surface area contributed by atoms with E-state index in [1.165, 1.54) is 17.7 Å². The van der Waals surface area contributed by atoms with Crippen LogP contribution in [0.1, 0.15) is 32.7 Å². The molecule has 2 aromatic carbocycles. The molecule has 0 spiro atoms. The second-order valence-corrected chi connectivity index (χ2v) is 6.18. The summed E-state index contributed by atoms with van der Waals surface area (Å²) in [6.07, 6.45) is 2.01. The Bertz CT molecular complexity index is 738. The van der Waals surface area contributed by atoms with Gasteiger partial charge in [-0.05, 0) is 36.6 Å². The van der Waals surface area contributed by atoms with Crippen molar-refractivity contribution in [3.05, 3.63) is 71.3 Å². The van der Waals surface area contributed by atoms with Crippen molar-refractivity contribution < 1.29 is 19.4 Å². The maximum absolute atomic E-state index is 12.3. The number of hydrogen-bond acceptors (Lipinski definition) is 3. The Morgan fingerprint density at radius 1 is 1.04 bits per heavy atom. The summed E-state index contributed by atoms with van der Waals surface area (Å²) in [5.74, 6) is -1.18. The van der Waals surface area contributed by atoms with E-state index in [1.807, 2.05) is 18.2 Å². The summed E-state index contributed by atoms with van der Waals surface area (Å²) in [7, 11) is 0. The average Bonchev–Trinajstić information content (AvgIpc) is 2.60. The summed E-state index contributed by atoms with van der Waals surface area (Å²) in [6.45, 7) is 1.79. The fourth-order valence-electron chi connectivity index (χ4n) is 2.85. The van der Waals surface area contributed by atoms with Crippen LogP contribution >= 0.6 is 0 Å². The predicted octanol–water partition coefficient (Wildman–Crippen LogP) is 2.86. The maximum Gasteiger partial charge on any atom is 0.335 e. The molecule has 5 nitrogen and oxygen atoms in total. The average molecular weight is 339 g/mol. The number of nitrogens with zero attached hydrogens (tertiary/aromatic N) is 1. The van der Waals surface area contributed by atoms with Crippen molar-refractivity contribution in [2.75, 3.05) is 19.7 Å². The van der Waals surface area contributed by atoms with Gasteiger partial charge in [-0.15, -0.1) is 0 Å². The number of carboxylic acids is 1. The molecule has 1 N–H and O–H groups in total. The third kappa shape index (κ3) is 4.45. The second-order valence-electron chi connectivity index (χ2n) is 6.18. The molecule has 0 atom stereocenters. The molecule has 0 radical (unpaired) electrons. The maximum atomic E-state index is 12.3. The SMILES string of the molecule is O=C(O)c1cccc(C(=O)N2CC(OCCCc3ccccc3)C2)c1. The van der Waals surface area contributed by atoms with Gasteiger partial charge in [-0.25, -0.2) is 4.79 Å². The topological polar surface area (TPSA) is 66.8 Å². The highest BCUT2D eigenvalue weighted by Crippen LogP contribution is 2.17. The van der Waals surface area contributed by atoms with Crippen LogP contribution in [-0.4, -0.2) is 47.7 Å². The lowest BCUT2D eigenvalue weighted by molar-refractivity contribution is -0.0429. The Kier molecular flexibility index (Phi) is 5.46. The molecule has 1 aliphatic heterocycles. The van der Waals surface area contributed by atoms with Crippen molar-refractivity contribution >= 4 is 11.9 Å². The molecule has 1 saturated heterocycles. The van der Waals surface area contributed by atoms with Gasteiger partial charge in [0.15, 0.2) is 0 Å². The highest BCUT2D eigenvalue weighted by Gasteiger charge is 2.31. The van der Waals surface area contributed by atoms with E-state index in [2.05, 4.69) is 12.1 Å². The summed E-state index contributed by atoms with van der Waals surface area (Å²) >= 11 is 0. The number of carbonyl (C=O) groups is 2. The summed E-state index contributed by atoms with van der Waals surface area (Å²) in [4.78, 5) is 25.0. The van der Waals surface area contributed by atoms with Crippen LogP contribution in [0.15, 0.2) is 54.6 Å². The Labute approximate surface area is 146 Å². The monoisotopic (exact) mass is 339 g/mol. The van der Waals surface area contributed by atoms with Gasteiger partial charge in [-0.1, -0.05) is 36.4 Å². The molecule has 0 aliphatic carbocycles. The van der Waals surface area contributed by atoms with Gasteiger partial charge in [-0.3, -0.25) is 4.79 Å². The Morgan fingerprint density at radius 3 is 2.48 bits per heavy atom. The predicted molar refractivity (Wildman–Crippen MR) is 93.8 cm³/mol. The standard InChI is InChI=1S/C20H21NO4/c22-19(16-9-4-10-17(12-16)20(23)24)21-13-18(14-21)25-11-5-8-15-6-2-1-3-7-15/h1-4,6-7,9-10,12,18H,5,8,11,13-14H2,(H,23,24). The molecule has 1 amide bonds. The number of rotatable bonds is 7. The molecule has 0 saturated carbocycles. The molecule has 2 aromatic rings. The van der Waals surface area contributed by atoms with Gasteiger partial charge in [0.25, 0.3) is 5.91 Å². The van der Waals surface area contributed by atoms with Crippen molar-refractivity contribution in [2.45, 2.75) is 18.9 Å². The van der Waals surface area contributed by atoms with Gasteiger partial charge in [0.2, 0.25) is 0 Å². The molecule has 1 fully saturated rings. The molecule has 1 aliphatic rings. The molecular formula is C20H21NO4. The lowest BCUT2D eigenvalue weighted by atomic mass is 10.1. The zero-order valence-corrected chi connectivity index (χ0v) is 13.9. The third-order valence-electron chi connectivity index (χ3n) is 4.30. The summed E-state index contributed by atoms with van der Waals surface area (Å²) in [5, 5.41) is 9.00. The fraction of sp³-hybridized carbons (Fsp3) is 0.300. The molecule has 0 aromatic heterocycles. The number of ether oxygens (including phenoxy) is 1. The van der Waals surface area contributed by atoms with Crippen LogP contribution in [-0.2, 0) is 11.2 Å². The van der Waals surface area contributed by atoms with E-state index in [0.29, 0.717) is 25.3 Å². The van der Waals surface area contributed by atoms with E-state index in [1.54, 1.807) is 17.0 Å². The van der Waals surface area contributed by atoms with Crippen molar-refractivity contribution in [1.29, 1.82) is 0 Å². The smallest absolute Gasteiger partial charge is 0.335 e. The highest BCUT2D eigenvalue weighted by molar-refractivity contribution is 5.97. The number of hydrogen-bond donors (Lipinski definition) is 1. The first-order chi connectivity index (χ1) is 12.1. The van der Waals surface area contributed by atoms with Crippen LogP contribution in [0.2, 0.25) is 0 Å². The zero-order chi connectivity index (χ0) is 17.6. The normalized spacial score (nSPS) is 14.2. The zero-order valence-electron chi connectivity index (χ0n) is 13.9. The number of amides is 1. The van der Waals surface area contributed by atoms with E-state index in [9.17, 15) is 9.59 Å². The van der Waals surface area contributed by atoms with E-state index >= 15 is 0 Å². The van der Waals surface area contributed by atoms with Crippen LogP contribution in [0.5, 0.6) is 0 Å². The molecular weight excluding hydrogens is 318 g/mol. The number of likely N-dealkylation sites (tertiary alicyclic amines) is 1. The molecule has 0 bridgehead atoms. The van der Waals surface area contributed by atoms with Gasteiger partial charge in [0, 0.05) is 25.3 Å². The number of carbonyl (C=O) groups excluding carboxylic acids is 1. The highest BCUT2D eigenvalue weighted by atomic mass is 16.5. The van der Waals surface area contributed by atoms with Gasteiger partial charge in [-0.2, -0.15) is 0 Å². The minimum Gasteiger partial charge on any atom is -0.478 e. The fourth-order valence-corrected chi connectivity index (χ4v) is 2.85. The molecule has 25 heavy (non-hydrogen) atoms. The number of aryl methyl sites for hydroxylation is 1. The number of benzene rings is 2. The van der Waals surface area contributed by atoms with E-state index < -0.39 is 5.97 Å². The minimum atomic E-state index is -1.03. The van der Waals surface area contributed by atoms with Crippen LogP contribution in [0.3, 0.4) is 0 Å². The van der Waals surface area contributed by atoms with Gasteiger partial charge < -0.3 is 14.7 Å². The first-order valence-electron chi connectivity index (χ1n) is 8.41. The van der Waals surface area contributed by atoms with Crippen LogP contribution in [0.25, 0.3) is 0 Å². The van der Waals surface area contributed by atoms with Crippen molar-refractivity contribution in [2.24, 2.45) is 0 Å². The Hall–Kier alpha value is -2.66. The van der Waals surface area contributed by atoms with Crippen molar-refractivity contribution in [3.8, 4) is 0 Å².